The molecule has 6 heteroatoms. The van der Waals surface area contributed by atoms with Crippen LogP contribution >= 0.6 is 27.7 Å². The lowest BCUT2D eigenvalue weighted by Crippen LogP contribution is -2.02. The van der Waals surface area contributed by atoms with Crippen LogP contribution in [0.25, 0.3) is 0 Å². The Hall–Kier alpha value is -0.850. The van der Waals surface area contributed by atoms with Gasteiger partial charge in [-0.1, -0.05) is 28.4 Å². The second-order valence-electron chi connectivity index (χ2n) is 5.32. The van der Waals surface area contributed by atoms with E-state index >= 15 is 0 Å². The second kappa shape index (κ2) is 6.50. The van der Waals surface area contributed by atoms with E-state index in [0.29, 0.717) is 0 Å². The van der Waals surface area contributed by atoms with E-state index in [1.807, 2.05) is 18.2 Å². The van der Waals surface area contributed by atoms with Crippen LogP contribution in [-0.4, -0.2) is 19.9 Å². The maximum absolute atomic E-state index is 9.68. The van der Waals surface area contributed by atoms with Gasteiger partial charge in [-0.25, -0.2) is 0 Å². The molecule has 0 saturated carbocycles. The summed E-state index contributed by atoms with van der Waals surface area (Å²) in [6, 6.07) is 6.01. The van der Waals surface area contributed by atoms with Gasteiger partial charge in [-0.2, -0.15) is 0 Å². The first-order valence-corrected chi connectivity index (χ1v) is 8.83. The van der Waals surface area contributed by atoms with E-state index < -0.39 is 6.10 Å². The molecule has 3 rings (SSSR count). The topological polar surface area (TPSA) is 50.9 Å². The summed E-state index contributed by atoms with van der Waals surface area (Å²) in [6.45, 7) is 2.78. The Morgan fingerprint density at radius 2 is 2.14 bits per heavy atom. The van der Waals surface area contributed by atoms with Gasteiger partial charge in [0, 0.05) is 22.3 Å². The molecule has 2 aromatic rings. The predicted molar refractivity (Wildman–Crippen MR) is 86.5 cm³/mol. The Labute approximate surface area is 137 Å². The summed E-state index contributed by atoms with van der Waals surface area (Å²) in [5.74, 6) is 1.11. The molecule has 0 spiro atoms. The first-order chi connectivity index (χ1) is 10.1. The zero-order chi connectivity index (χ0) is 14.8. The summed E-state index contributed by atoms with van der Waals surface area (Å²) in [6.07, 6.45) is 4.23. The first-order valence-electron chi connectivity index (χ1n) is 7.22. The number of hydrogen-bond acceptors (Lipinski definition) is 4. The molecule has 1 aromatic heterocycles. The first kappa shape index (κ1) is 15.1. The number of fused-ring (bicyclic) bond motifs is 1. The van der Waals surface area contributed by atoms with Crippen LogP contribution in [0.4, 0.5) is 0 Å². The van der Waals surface area contributed by atoms with Crippen molar-refractivity contribution < 1.29 is 5.11 Å². The van der Waals surface area contributed by atoms with Crippen LogP contribution in [0, 0.1) is 0 Å². The van der Waals surface area contributed by atoms with Crippen LogP contribution in [0.3, 0.4) is 0 Å². The van der Waals surface area contributed by atoms with E-state index in [9.17, 15) is 5.11 Å². The van der Waals surface area contributed by atoms with Crippen molar-refractivity contribution in [1.29, 1.82) is 0 Å². The number of benzene rings is 1. The van der Waals surface area contributed by atoms with Crippen molar-refractivity contribution >= 4 is 27.7 Å². The summed E-state index contributed by atoms with van der Waals surface area (Å²) >= 11 is 5.15. The van der Waals surface area contributed by atoms with E-state index in [-0.39, 0.29) is 0 Å². The Kier molecular flexibility index (Phi) is 4.66. The molecule has 0 aliphatic carbocycles. The van der Waals surface area contributed by atoms with E-state index in [4.69, 9.17) is 0 Å². The monoisotopic (exact) mass is 367 g/mol. The summed E-state index contributed by atoms with van der Waals surface area (Å²) in [5, 5.41) is 19.3. The molecular formula is C15H18BrN3OS. The summed E-state index contributed by atoms with van der Waals surface area (Å²) in [4.78, 5) is 1.10. The Balaban J connectivity index is 1.84. The van der Waals surface area contributed by atoms with Gasteiger partial charge >= 0.3 is 0 Å². The van der Waals surface area contributed by atoms with Gasteiger partial charge in [-0.15, -0.1) is 10.2 Å². The van der Waals surface area contributed by atoms with Gasteiger partial charge in [0.2, 0.25) is 0 Å². The number of halogens is 1. The van der Waals surface area contributed by atoms with Gasteiger partial charge in [0.1, 0.15) is 5.82 Å². The minimum absolute atomic E-state index is 0.470. The molecule has 2 heterocycles. The van der Waals surface area contributed by atoms with Gasteiger partial charge in [0.05, 0.1) is 6.10 Å². The molecule has 1 aliphatic heterocycles. The van der Waals surface area contributed by atoms with Crippen molar-refractivity contribution in [1.82, 2.24) is 14.8 Å². The third-order valence-electron chi connectivity index (χ3n) is 3.71. The van der Waals surface area contributed by atoms with Gasteiger partial charge < -0.3 is 9.67 Å². The van der Waals surface area contributed by atoms with Crippen molar-refractivity contribution in [3.8, 4) is 0 Å². The van der Waals surface area contributed by atoms with Crippen molar-refractivity contribution in [2.75, 3.05) is 0 Å². The zero-order valence-electron chi connectivity index (χ0n) is 11.9. The zero-order valence-corrected chi connectivity index (χ0v) is 14.3. The Morgan fingerprint density at radius 1 is 1.29 bits per heavy atom. The molecule has 0 radical (unpaired) electrons. The molecular weight excluding hydrogens is 350 g/mol. The highest BCUT2D eigenvalue weighted by molar-refractivity contribution is 9.10. The lowest BCUT2D eigenvalue weighted by atomic mass is 10.1. The third-order valence-corrected chi connectivity index (χ3v) is 5.37. The maximum atomic E-state index is 9.68. The quantitative estimate of drug-likeness (QED) is 0.891. The third kappa shape index (κ3) is 3.33. The Bertz CT molecular complexity index is 642. The van der Waals surface area contributed by atoms with Gasteiger partial charge in [0.25, 0.3) is 0 Å². The molecule has 0 unspecified atom stereocenters. The molecule has 0 saturated heterocycles. The van der Waals surface area contributed by atoms with Crippen molar-refractivity contribution in [3.63, 3.8) is 0 Å². The summed E-state index contributed by atoms with van der Waals surface area (Å²) in [7, 11) is 0. The summed E-state index contributed by atoms with van der Waals surface area (Å²) in [5.41, 5.74) is 0.902. The lowest BCUT2D eigenvalue weighted by Gasteiger charge is -2.10. The fourth-order valence-electron chi connectivity index (χ4n) is 2.55. The molecule has 1 aromatic carbocycles. The highest BCUT2D eigenvalue weighted by atomic mass is 79.9. The number of aryl methyl sites for hydroxylation is 1. The van der Waals surface area contributed by atoms with Crippen molar-refractivity contribution in [3.05, 3.63) is 34.1 Å². The average Bonchev–Trinajstić information content (AvgIpc) is 2.68. The minimum atomic E-state index is -0.470. The van der Waals surface area contributed by atoms with Gasteiger partial charge in [0.15, 0.2) is 5.16 Å². The van der Waals surface area contributed by atoms with E-state index in [1.54, 1.807) is 18.7 Å². The van der Waals surface area contributed by atoms with E-state index in [0.717, 1.165) is 38.9 Å². The normalized spacial score (nSPS) is 16.3. The van der Waals surface area contributed by atoms with Crippen LogP contribution < -0.4 is 0 Å². The van der Waals surface area contributed by atoms with Crippen LogP contribution in [0.5, 0.6) is 0 Å². The number of nitrogens with zero attached hydrogens (tertiary/aromatic N) is 3. The van der Waals surface area contributed by atoms with Crippen molar-refractivity contribution in [2.45, 2.75) is 55.3 Å². The summed E-state index contributed by atoms with van der Waals surface area (Å²) < 4.78 is 3.17. The van der Waals surface area contributed by atoms with E-state index in [2.05, 4.69) is 30.7 Å². The van der Waals surface area contributed by atoms with Crippen LogP contribution in [-0.2, 0) is 13.0 Å². The molecule has 1 aliphatic rings. The van der Waals surface area contributed by atoms with Crippen LogP contribution in [0.2, 0.25) is 0 Å². The molecule has 1 N–H and O–H groups in total. The number of aromatic nitrogens is 3. The Morgan fingerprint density at radius 3 is 2.90 bits per heavy atom. The maximum Gasteiger partial charge on any atom is 0.196 e. The molecule has 4 nitrogen and oxygen atoms in total. The number of hydrogen-bond donors (Lipinski definition) is 1. The molecule has 21 heavy (non-hydrogen) atoms. The largest absolute Gasteiger partial charge is 0.389 e. The molecule has 112 valence electrons. The van der Waals surface area contributed by atoms with Crippen LogP contribution in [0.15, 0.2) is 32.7 Å². The van der Waals surface area contributed by atoms with Crippen LogP contribution in [0.1, 0.15) is 43.7 Å². The minimum Gasteiger partial charge on any atom is -0.389 e. The number of aliphatic hydroxyl groups excluding tert-OH is 1. The average molecular weight is 368 g/mol. The molecule has 0 bridgehead atoms. The molecule has 0 amide bonds. The standard InChI is InChI=1S/C15H18BrN3OS/c1-10(20)12-7-6-11(9-13(12)16)21-15-18-17-14-5-3-2-4-8-19(14)15/h6-7,9-10,20H,2-5,8H2,1H3/t10-/m1/s1. The fraction of sp³-hybridized carbons (Fsp3) is 0.467. The number of rotatable bonds is 3. The molecule has 0 fully saturated rings. The second-order valence-corrected chi connectivity index (χ2v) is 7.22. The van der Waals surface area contributed by atoms with Gasteiger partial charge in [-0.3, -0.25) is 0 Å². The SMILES string of the molecule is C[C@@H](O)c1ccc(Sc2nnc3n2CCCCC3)cc1Br. The van der Waals surface area contributed by atoms with Gasteiger partial charge in [-0.05, 0) is 49.2 Å². The highest BCUT2D eigenvalue weighted by Crippen LogP contribution is 2.33. The van der Waals surface area contributed by atoms with Crippen molar-refractivity contribution in [2.24, 2.45) is 0 Å². The number of aliphatic hydroxyl groups is 1. The predicted octanol–water partition coefficient (Wildman–Crippen LogP) is 3.97. The smallest absolute Gasteiger partial charge is 0.196 e. The fourth-order valence-corrected chi connectivity index (χ4v) is 4.32. The lowest BCUT2D eigenvalue weighted by molar-refractivity contribution is 0.198. The molecule has 1 atom stereocenters. The van der Waals surface area contributed by atoms with E-state index in [1.165, 1.54) is 19.3 Å². The highest BCUT2D eigenvalue weighted by Gasteiger charge is 2.16.